The van der Waals surface area contributed by atoms with Gasteiger partial charge < -0.3 is 9.32 Å². The second-order valence-corrected chi connectivity index (χ2v) is 18.8. The Morgan fingerprint density at radius 2 is 0.848 bits per heavy atom. The van der Waals surface area contributed by atoms with Crippen molar-refractivity contribution in [2.45, 2.75) is 24.7 Å². The van der Waals surface area contributed by atoms with Crippen molar-refractivity contribution in [3.05, 3.63) is 258 Å². The minimum atomic E-state index is -0.490. The van der Waals surface area contributed by atoms with Gasteiger partial charge in [-0.05, 0) is 138 Å². The quantitative estimate of drug-likeness (QED) is 0.172. The third-order valence-corrected chi connectivity index (χ3v) is 15.1. The number of benzene rings is 10. The molecule has 0 radical (unpaired) electrons. The van der Waals surface area contributed by atoms with E-state index in [9.17, 15) is 0 Å². The lowest BCUT2D eigenvalue weighted by atomic mass is 9.70. The molecule has 2 heteroatoms. The van der Waals surface area contributed by atoms with Crippen LogP contribution in [0.2, 0.25) is 0 Å². The number of para-hydroxylation sites is 1. The van der Waals surface area contributed by atoms with E-state index in [1.54, 1.807) is 0 Å². The third-order valence-electron chi connectivity index (χ3n) is 15.1. The van der Waals surface area contributed by atoms with Gasteiger partial charge in [-0.3, -0.25) is 0 Å². The zero-order valence-electron chi connectivity index (χ0n) is 36.7. The van der Waals surface area contributed by atoms with Crippen LogP contribution in [0.1, 0.15) is 47.2 Å². The zero-order chi connectivity index (χ0) is 43.7. The molecule has 0 amide bonds. The molecule has 1 aromatic heterocycles. The molecule has 0 saturated heterocycles. The summed E-state index contributed by atoms with van der Waals surface area (Å²) >= 11 is 0. The Labute approximate surface area is 384 Å². The van der Waals surface area contributed by atoms with Crippen LogP contribution >= 0.6 is 0 Å². The maximum absolute atomic E-state index is 6.23. The van der Waals surface area contributed by atoms with Crippen molar-refractivity contribution in [3.8, 4) is 55.6 Å². The summed E-state index contributed by atoms with van der Waals surface area (Å²) in [6.45, 7) is 4.75. The highest BCUT2D eigenvalue weighted by Gasteiger charge is 2.52. The first-order chi connectivity index (χ1) is 32.5. The van der Waals surface area contributed by atoms with E-state index >= 15 is 0 Å². The SMILES string of the molecule is CC1(C)c2ccccc2-c2ccc(N(c3ccc(-c4ccc5oc6ccccc6c5c4)cc3)c3cc4c(cc3-c3ccccc3)-c3ccccc3C43c4ccccc4-c4ccccc43)cc21. The molecule has 0 atom stereocenters. The zero-order valence-corrected chi connectivity index (χ0v) is 36.7. The average Bonchev–Trinajstić information content (AvgIpc) is 4.06. The first-order valence-corrected chi connectivity index (χ1v) is 23.1. The van der Waals surface area contributed by atoms with Crippen molar-refractivity contribution in [3.63, 3.8) is 0 Å². The number of hydrogen-bond donors (Lipinski definition) is 0. The van der Waals surface area contributed by atoms with Crippen molar-refractivity contribution in [2.24, 2.45) is 0 Å². The van der Waals surface area contributed by atoms with Crippen molar-refractivity contribution in [2.75, 3.05) is 4.90 Å². The van der Waals surface area contributed by atoms with E-state index in [-0.39, 0.29) is 5.41 Å². The lowest BCUT2D eigenvalue weighted by molar-refractivity contribution is 0.660. The minimum absolute atomic E-state index is 0.170. The molecule has 2 nitrogen and oxygen atoms in total. The number of hydrogen-bond acceptors (Lipinski definition) is 2. The Morgan fingerprint density at radius 3 is 1.55 bits per heavy atom. The molecule has 0 saturated carbocycles. The number of nitrogens with zero attached hydrogens (tertiary/aromatic N) is 1. The van der Waals surface area contributed by atoms with Crippen LogP contribution in [-0.4, -0.2) is 0 Å². The number of fused-ring (bicyclic) bond motifs is 16. The number of furan rings is 1. The highest BCUT2D eigenvalue weighted by Crippen LogP contribution is 2.64. The predicted molar refractivity (Wildman–Crippen MR) is 273 cm³/mol. The fraction of sp³-hybridized carbons (Fsp3) is 0.0625. The van der Waals surface area contributed by atoms with Gasteiger partial charge in [0.25, 0.3) is 0 Å². The van der Waals surface area contributed by atoms with Crippen LogP contribution in [0.25, 0.3) is 77.6 Å². The van der Waals surface area contributed by atoms with Gasteiger partial charge in [0.05, 0.1) is 11.1 Å². The monoisotopic (exact) mass is 841 g/mol. The maximum Gasteiger partial charge on any atom is 0.135 e. The second-order valence-electron chi connectivity index (χ2n) is 18.8. The minimum Gasteiger partial charge on any atom is -0.456 e. The molecule has 66 heavy (non-hydrogen) atoms. The van der Waals surface area contributed by atoms with E-state index in [0.717, 1.165) is 50.1 Å². The van der Waals surface area contributed by atoms with Gasteiger partial charge in [-0.2, -0.15) is 0 Å². The summed E-state index contributed by atoms with van der Waals surface area (Å²) in [6.07, 6.45) is 0. The molecule has 14 rings (SSSR count). The Balaban J connectivity index is 1.04. The molecule has 0 N–H and O–H groups in total. The summed E-state index contributed by atoms with van der Waals surface area (Å²) in [7, 11) is 0. The second kappa shape index (κ2) is 13.7. The fourth-order valence-electron chi connectivity index (χ4n) is 12.1. The Kier molecular flexibility index (Phi) is 7.70. The summed E-state index contributed by atoms with van der Waals surface area (Å²) in [5.41, 5.74) is 25.0. The highest BCUT2D eigenvalue weighted by molar-refractivity contribution is 6.06. The first kappa shape index (κ1) is 37.2. The third kappa shape index (κ3) is 5.01. The molecule has 0 bridgehead atoms. The Hall–Kier alpha value is -8.20. The van der Waals surface area contributed by atoms with E-state index in [0.29, 0.717) is 0 Å². The van der Waals surface area contributed by atoms with E-state index in [1.807, 2.05) is 12.1 Å². The topological polar surface area (TPSA) is 16.4 Å². The lowest BCUT2D eigenvalue weighted by Gasteiger charge is -2.34. The average molecular weight is 842 g/mol. The maximum atomic E-state index is 6.23. The van der Waals surface area contributed by atoms with Crippen molar-refractivity contribution >= 4 is 39.0 Å². The molecular weight excluding hydrogens is 799 g/mol. The lowest BCUT2D eigenvalue weighted by Crippen LogP contribution is -2.26. The summed E-state index contributed by atoms with van der Waals surface area (Å²) in [5, 5.41) is 2.27. The highest BCUT2D eigenvalue weighted by atomic mass is 16.3. The van der Waals surface area contributed by atoms with Crippen LogP contribution in [-0.2, 0) is 10.8 Å². The van der Waals surface area contributed by atoms with Crippen LogP contribution in [0.4, 0.5) is 17.1 Å². The Bertz CT molecular complexity index is 3750. The molecule has 3 aliphatic carbocycles. The molecule has 3 aliphatic rings. The van der Waals surface area contributed by atoms with Crippen LogP contribution < -0.4 is 4.90 Å². The summed E-state index contributed by atoms with van der Waals surface area (Å²) < 4.78 is 6.23. The standard InChI is InChI=1S/C64H43NO/c1-63(2)54-23-11-6-18-45(54)49-34-33-44(37-58(49)63)65(43-31-28-40(29-32-43)42-30-35-62-53(36-42)50-22-10-15-27-61(50)66-62)60-39-59-52(38-51(60)41-16-4-3-5-17-41)48-21-9-14-26-57(48)64(59)55-24-12-7-19-46(55)47-20-8-13-25-56(47)64/h3-39H,1-2H3. The molecule has 11 aromatic rings. The fourth-order valence-corrected chi connectivity index (χ4v) is 12.1. The predicted octanol–water partition coefficient (Wildman–Crippen LogP) is 17.0. The molecular formula is C64H43NO. The van der Waals surface area contributed by atoms with Gasteiger partial charge in [-0.25, -0.2) is 0 Å². The van der Waals surface area contributed by atoms with Gasteiger partial charge in [0.2, 0.25) is 0 Å². The van der Waals surface area contributed by atoms with Crippen molar-refractivity contribution < 1.29 is 4.42 Å². The van der Waals surface area contributed by atoms with Crippen LogP contribution in [0.3, 0.4) is 0 Å². The first-order valence-electron chi connectivity index (χ1n) is 23.1. The van der Waals surface area contributed by atoms with Gasteiger partial charge in [0, 0.05) is 33.1 Å². The van der Waals surface area contributed by atoms with Crippen molar-refractivity contribution in [1.29, 1.82) is 0 Å². The largest absolute Gasteiger partial charge is 0.456 e. The van der Waals surface area contributed by atoms with Crippen LogP contribution in [0.15, 0.2) is 229 Å². The van der Waals surface area contributed by atoms with Gasteiger partial charge >= 0.3 is 0 Å². The number of rotatable bonds is 5. The molecule has 310 valence electrons. The Morgan fingerprint density at radius 1 is 0.318 bits per heavy atom. The molecule has 10 aromatic carbocycles. The summed E-state index contributed by atoms with van der Waals surface area (Å²) in [6, 6.07) is 83.5. The molecule has 0 unspecified atom stereocenters. The smallest absolute Gasteiger partial charge is 0.135 e. The van der Waals surface area contributed by atoms with E-state index < -0.39 is 5.41 Å². The van der Waals surface area contributed by atoms with Gasteiger partial charge in [0.15, 0.2) is 0 Å². The van der Waals surface area contributed by atoms with Crippen LogP contribution in [0.5, 0.6) is 0 Å². The summed E-state index contributed by atoms with van der Waals surface area (Å²) in [5.74, 6) is 0. The van der Waals surface area contributed by atoms with E-state index in [4.69, 9.17) is 4.42 Å². The molecule has 1 heterocycles. The van der Waals surface area contributed by atoms with Gasteiger partial charge in [-0.1, -0.05) is 184 Å². The molecule has 0 aliphatic heterocycles. The van der Waals surface area contributed by atoms with Gasteiger partial charge in [0.1, 0.15) is 11.2 Å². The molecule has 1 spiro atoms. The summed E-state index contributed by atoms with van der Waals surface area (Å²) in [4.78, 5) is 2.53. The van der Waals surface area contributed by atoms with Crippen LogP contribution in [0, 0.1) is 0 Å². The normalized spacial score (nSPS) is 14.2. The molecule has 0 fully saturated rings. The van der Waals surface area contributed by atoms with Gasteiger partial charge in [-0.15, -0.1) is 0 Å². The van der Waals surface area contributed by atoms with Crippen molar-refractivity contribution in [1.82, 2.24) is 0 Å². The van der Waals surface area contributed by atoms with E-state index in [2.05, 4.69) is 231 Å². The van der Waals surface area contributed by atoms with E-state index in [1.165, 1.54) is 77.9 Å². The number of anilines is 3.